The Morgan fingerprint density at radius 1 is 1.36 bits per heavy atom. The first-order valence-electron chi connectivity index (χ1n) is 6.91. The Labute approximate surface area is 133 Å². The molecule has 2 atom stereocenters. The molecule has 1 aromatic rings. The monoisotopic (exact) mass is 324 g/mol. The molecule has 1 aliphatic rings. The highest BCUT2D eigenvalue weighted by Crippen LogP contribution is 2.21. The minimum absolute atomic E-state index is 0.106. The van der Waals surface area contributed by atoms with Crippen LogP contribution in [0.25, 0.3) is 0 Å². The van der Waals surface area contributed by atoms with Crippen molar-refractivity contribution in [1.82, 2.24) is 10.2 Å². The maximum absolute atomic E-state index is 12.2. The van der Waals surface area contributed by atoms with E-state index in [1.165, 1.54) is 0 Å². The SMILES string of the molecule is CN1CCC(C(=O)NC(C(=O)O)c2ccc(Cl)cc2)CC1=O. The van der Waals surface area contributed by atoms with Crippen LogP contribution >= 0.6 is 11.6 Å². The highest BCUT2D eigenvalue weighted by Gasteiger charge is 2.31. The quantitative estimate of drug-likeness (QED) is 0.877. The van der Waals surface area contributed by atoms with Gasteiger partial charge in [0.25, 0.3) is 0 Å². The number of carbonyl (C=O) groups excluding carboxylic acids is 2. The third kappa shape index (κ3) is 3.76. The Balaban J connectivity index is 2.08. The van der Waals surface area contributed by atoms with Gasteiger partial charge in [0.15, 0.2) is 6.04 Å². The summed E-state index contributed by atoms with van der Waals surface area (Å²) in [6, 6.07) is 5.10. The Kier molecular flexibility index (Phi) is 5.03. The number of rotatable bonds is 4. The van der Waals surface area contributed by atoms with E-state index < -0.39 is 23.8 Å². The molecule has 0 radical (unpaired) electrons. The van der Waals surface area contributed by atoms with Crippen LogP contribution in [0.4, 0.5) is 0 Å². The smallest absolute Gasteiger partial charge is 0.330 e. The van der Waals surface area contributed by atoms with Crippen molar-refractivity contribution < 1.29 is 19.5 Å². The van der Waals surface area contributed by atoms with Crippen LogP contribution < -0.4 is 5.32 Å². The van der Waals surface area contributed by atoms with E-state index in [-0.39, 0.29) is 12.3 Å². The number of carboxylic acids is 1. The lowest BCUT2D eigenvalue weighted by molar-refractivity contribution is -0.144. The summed E-state index contributed by atoms with van der Waals surface area (Å²) in [6.07, 6.45) is 0.635. The summed E-state index contributed by atoms with van der Waals surface area (Å²) in [7, 11) is 1.68. The summed E-state index contributed by atoms with van der Waals surface area (Å²) in [5.74, 6) is -2.17. The average molecular weight is 325 g/mol. The molecule has 2 unspecified atom stereocenters. The Hall–Kier alpha value is -2.08. The van der Waals surface area contributed by atoms with E-state index in [1.807, 2.05) is 0 Å². The Morgan fingerprint density at radius 3 is 2.55 bits per heavy atom. The molecule has 0 spiro atoms. The number of hydrogen-bond donors (Lipinski definition) is 2. The van der Waals surface area contributed by atoms with E-state index >= 15 is 0 Å². The van der Waals surface area contributed by atoms with Gasteiger partial charge in [-0.3, -0.25) is 9.59 Å². The fraction of sp³-hybridized carbons (Fsp3) is 0.400. The van der Waals surface area contributed by atoms with Gasteiger partial charge < -0.3 is 15.3 Å². The molecule has 118 valence electrons. The summed E-state index contributed by atoms with van der Waals surface area (Å²) in [4.78, 5) is 36.8. The van der Waals surface area contributed by atoms with Crippen molar-refractivity contribution in [1.29, 1.82) is 0 Å². The predicted molar refractivity (Wildman–Crippen MR) is 80.3 cm³/mol. The zero-order chi connectivity index (χ0) is 16.3. The number of likely N-dealkylation sites (tertiary alicyclic amines) is 1. The minimum Gasteiger partial charge on any atom is -0.479 e. The first-order chi connectivity index (χ1) is 10.4. The molecule has 0 aromatic heterocycles. The number of piperidine rings is 1. The van der Waals surface area contributed by atoms with Gasteiger partial charge in [0, 0.05) is 31.0 Å². The lowest BCUT2D eigenvalue weighted by Gasteiger charge is -2.28. The van der Waals surface area contributed by atoms with Gasteiger partial charge in [0.1, 0.15) is 0 Å². The van der Waals surface area contributed by atoms with Crippen LogP contribution in [-0.2, 0) is 14.4 Å². The van der Waals surface area contributed by atoms with Gasteiger partial charge in [0.2, 0.25) is 11.8 Å². The number of nitrogens with zero attached hydrogens (tertiary/aromatic N) is 1. The summed E-state index contributed by atoms with van der Waals surface area (Å²) in [6.45, 7) is 0.496. The number of benzene rings is 1. The number of hydrogen-bond acceptors (Lipinski definition) is 3. The van der Waals surface area contributed by atoms with Crippen molar-refractivity contribution in [3.05, 3.63) is 34.9 Å². The molecule has 0 bridgehead atoms. The first-order valence-corrected chi connectivity index (χ1v) is 7.29. The molecule has 1 saturated heterocycles. The second kappa shape index (κ2) is 6.79. The molecule has 1 aromatic carbocycles. The van der Waals surface area contributed by atoms with Gasteiger partial charge in [0.05, 0.1) is 0 Å². The summed E-state index contributed by atoms with van der Waals surface area (Å²) in [5, 5.41) is 12.3. The molecule has 7 heteroatoms. The number of carbonyl (C=O) groups is 3. The van der Waals surface area contributed by atoms with Crippen LogP contribution in [0.5, 0.6) is 0 Å². The highest BCUT2D eigenvalue weighted by atomic mass is 35.5. The molecule has 1 heterocycles. The topological polar surface area (TPSA) is 86.7 Å². The largest absolute Gasteiger partial charge is 0.479 e. The van der Waals surface area contributed by atoms with Gasteiger partial charge in [-0.1, -0.05) is 23.7 Å². The molecule has 22 heavy (non-hydrogen) atoms. The van der Waals surface area contributed by atoms with Gasteiger partial charge in [-0.05, 0) is 24.1 Å². The zero-order valence-corrected chi connectivity index (χ0v) is 12.8. The molecule has 1 aliphatic heterocycles. The minimum atomic E-state index is -1.16. The lowest BCUT2D eigenvalue weighted by Crippen LogP contribution is -2.44. The zero-order valence-electron chi connectivity index (χ0n) is 12.1. The highest BCUT2D eigenvalue weighted by molar-refractivity contribution is 6.30. The second-order valence-electron chi connectivity index (χ2n) is 5.34. The van der Waals surface area contributed by atoms with E-state index in [9.17, 15) is 19.5 Å². The van der Waals surface area contributed by atoms with Gasteiger partial charge in [-0.25, -0.2) is 4.79 Å². The van der Waals surface area contributed by atoms with Crippen LogP contribution in [-0.4, -0.2) is 41.4 Å². The van der Waals surface area contributed by atoms with Crippen molar-refractivity contribution >= 4 is 29.4 Å². The molecule has 2 rings (SSSR count). The third-order valence-corrected chi connectivity index (χ3v) is 4.02. The average Bonchev–Trinajstić information content (AvgIpc) is 2.48. The van der Waals surface area contributed by atoms with E-state index in [0.717, 1.165) is 0 Å². The number of halogens is 1. The summed E-state index contributed by atoms with van der Waals surface area (Å²) in [5.41, 5.74) is 0.435. The van der Waals surface area contributed by atoms with Gasteiger partial charge in [-0.2, -0.15) is 0 Å². The Morgan fingerprint density at radius 2 is 2.00 bits per heavy atom. The maximum atomic E-state index is 12.2. The molecule has 6 nitrogen and oxygen atoms in total. The standard InChI is InChI=1S/C15H17ClN2O4/c1-18-7-6-10(8-12(18)19)14(20)17-13(15(21)22)9-2-4-11(16)5-3-9/h2-5,10,13H,6-8H2,1H3,(H,17,20)(H,21,22). The molecule has 2 N–H and O–H groups in total. The first kappa shape index (κ1) is 16.3. The molecular weight excluding hydrogens is 308 g/mol. The van der Waals surface area contributed by atoms with Crippen LogP contribution in [0.1, 0.15) is 24.4 Å². The molecule has 0 aliphatic carbocycles. The number of nitrogens with one attached hydrogen (secondary N) is 1. The summed E-state index contributed by atoms with van der Waals surface area (Å²) >= 11 is 5.78. The Bertz CT molecular complexity index is 588. The van der Waals surface area contributed by atoms with Crippen LogP contribution in [0.3, 0.4) is 0 Å². The van der Waals surface area contributed by atoms with Crippen LogP contribution in [0.15, 0.2) is 24.3 Å². The van der Waals surface area contributed by atoms with E-state index in [1.54, 1.807) is 36.2 Å². The van der Waals surface area contributed by atoms with Crippen LogP contribution in [0, 0.1) is 5.92 Å². The van der Waals surface area contributed by atoms with Gasteiger partial charge >= 0.3 is 5.97 Å². The van der Waals surface area contributed by atoms with Crippen molar-refractivity contribution in [2.75, 3.05) is 13.6 Å². The van der Waals surface area contributed by atoms with Crippen molar-refractivity contribution in [2.24, 2.45) is 5.92 Å². The van der Waals surface area contributed by atoms with E-state index in [2.05, 4.69) is 5.32 Å². The third-order valence-electron chi connectivity index (χ3n) is 3.77. The van der Waals surface area contributed by atoms with Crippen molar-refractivity contribution in [2.45, 2.75) is 18.9 Å². The fourth-order valence-corrected chi connectivity index (χ4v) is 2.50. The molecule has 1 fully saturated rings. The number of aliphatic carboxylic acids is 1. The van der Waals surface area contributed by atoms with Crippen molar-refractivity contribution in [3.8, 4) is 0 Å². The molecule has 0 saturated carbocycles. The maximum Gasteiger partial charge on any atom is 0.330 e. The number of amides is 2. The normalized spacial score (nSPS) is 19.6. The van der Waals surface area contributed by atoms with E-state index in [0.29, 0.717) is 23.6 Å². The second-order valence-corrected chi connectivity index (χ2v) is 5.77. The lowest BCUT2D eigenvalue weighted by atomic mass is 9.95. The predicted octanol–water partition coefficient (Wildman–Crippen LogP) is 1.45. The van der Waals surface area contributed by atoms with Gasteiger partial charge in [-0.15, -0.1) is 0 Å². The van der Waals surface area contributed by atoms with E-state index in [4.69, 9.17) is 11.6 Å². The summed E-state index contributed by atoms with van der Waals surface area (Å²) < 4.78 is 0. The molecule has 2 amide bonds. The fourth-order valence-electron chi connectivity index (χ4n) is 2.37. The number of carboxylic acid groups (broad SMARTS) is 1. The van der Waals surface area contributed by atoms with Crippen LogP contribution in [0.2, 0.25) is 5.02 Å². The molecular formula is C15H17ClN2O4. The van der Waals surface area contributed by atoms with Crippen molar-refractivity contribution in [3.63, 3.8) is 0 Å².